The molecule has 1 N–H and O–H groups in total. The van der Waals surface area contributed by atoms with Crippen LogP contribution in [0.5, 0.6) is 5.75 Å². The summed E-state index contributed by atoms with van der Waals surface area (Å²) in [4.78, 5) is 26.2. The lowest BCUT2D eigenvalue weighted by Gasteiger charge is -2.07. The van der Waals surface area contributed by atoms with Gasteiger partial charge in [-0.25, -0.2) is 4.98 Å². The molecule has 2 rings (SSSR count). The van der Waals surface area contributed by atoms with Crippen molar-refractivity contribution in [2.45, 2.75) is 6.92 Å². The minimum absolute atomic E-state index is 0.0487. The van der Waals surface area contributed by atoms with Gasteiger partial charge in [0, 0.05) is 11.6 Å². The number of rotatable bonds is 5. The number of nitrogens with zero attached hydrogens (tertiary/aromatic N) is 2. The van der Waals surface area contributed by atoms with Crippen molar-refractivity contribution in [2.24, 2.45) is 0 Å². The quantitative estimate of drug-likeness (QED) is 0.518. The number of hydrogen-bond acceptors (Lipinski definition) is 5. The van der Waals surface area contributed by atoms with Gasteiger partial charge in [-0.05, 0) is 37.3 Å². The van der Waals surface area contributed by atoms with Crippen LogP contribution >= 0.6 is 11.6 Å². The smallest absolute Gasteiger partial charge is 0.311 e. The summed E-state index contributed by atoms with van der Waals surface area (Å²) in [6.45, 7) is 2.37. The molecule has 0 saturated heterocycles. The zero-order chi connectivity index (χ0) is 16.1. The molecule has 7 nitrogen and oxygen atoms in total. The number of benzene rings is 1. The van der Waals surface area contributed by atoms with E-state index < -0.39 is 10.8 Å². The van der Waals surface area contributed by atoms with Crippen molar-refractivity contribution in [3.05, 3.63) is 57.2 Å². The molecule has 0 aliphatic carbocycles. The Bertz CT molecular complexity index is 704. The standard InChI is InChI=1S/C14H12ClN3O4/c1-2-22-10-5-3-9(4-6-10)14(19)17-13-11(18(20)21)7-8-12(15)16-13/h3-8H,2H2,1H3,(H,16,17,19). The number of hydrogen-bond donors (Lipinski definition) is 1. The van der Waals surface area contributed by atoms with Crippen LogP contribution in [-0.2, 0) is 0 Å². The van der Waals surface area contributed by atoms with Crippen LogP contribution in [0.25, 0.3) is 0 Å². The molecule has 0 unspecified atom stereocenters. The van der Waals surface area contributed by atoms with Crippen molar-refractivity contribution in [3.63, 3.8) is 0 Å². The van der Waals surface area contributed by atoms with E-state index in [4.69, 9.17) is 16.3 Å². The molecule has 0 aliphatic rings. The third-order valence-corrected chi connectivity index (χ3v) is 2.91. The van der Waals surface area contributed by atoms with Crippen LogP contribution in [0.2, 0.25) is 5.15 Å². The number of carbonyl (C=O) groups excluding carboxylic acids is 1. The van der Waals surface area contributed by atoms with Gasteiger partial charge < -0.3 is 10.1 Å². The Labute approximate surface area is 131 Å². The highest BCUT2D eigenvalue weighted by Crippen LogP contribution is 2.24. The van der Waals surface area contributed by atoms with Crippen molar-refractivity contribution >= 4 is 29.0 Å². The zero-order valence-corrected chi connectivity index (χ0v) is 12.3. The Morgan fingerprint density at radius 2 is 2.00 bits per heavy atom. The number of aromatic nitrogens is 1. The molecule has 0 bridgehead atoms. The number of ether oxygens (including phenoxy) is 1. The number of pyridine rings is 1. The normalized spacial score (nSPS) is 10.1. The van der Waals surface area contributed by atoms with Gasteiger partial charge in [0.05, 0.1) is 11.5 Å². The van der Waals surface area contributed by atoms with E-state index >= 15 is 0 Å². The molecule has 0 spiro atoms. The summed E-state index contributed by atoms with van der Waals surface area (Å²) in [5.74, 6) is -0.0942. The first-order valence-corrected chi connectivity index (χ1v) is 6.74. The van der Waals surface area contributed by atoms with Gasteiger partial charge in [-0.3, -0.25) is 14.9 Å². The van der Waals surface area contributed by atoms with E-state index in [9.17, 15) is 14.9 Å². The number of nitro groups is 1. The van der Waals surface area contributed by atoms with E-state index in [0.29, 0.717) is 17.9 Å². The van der Waals surface area contributed by atoms with Gasteiger partial charge in [-0.15, -0.1) is 0 Å². The SMILES string of the molecule is CCOc1ccc(C(=O)Nc2nc(Cl)ccc2[N+](=O)[O-])cc1. The highest BCUT2D eigenvalue weighted by atomic mass is 35.5. The number of halogens is 1. The van der Waals surface area contributed by atoms with Crippen molar-refractivity contribution < 1.29 is 14.5 Å². The number of amides is 1. The van der Waals surface area contributed by atoms with Crippen LogP contribution in [0.3, 0.4) is 0 Å². The van der Waals surface area contributed by atoms with Crippen LogP contribution in [0.4, 0.5) is 11.5 Å². The lowest BCUT2D eigenvalue weighted by molar-refractivity contribution is -0.384. The van der Waals surface area contributed by atoms with Crippen LogP contribution in [0.1, 0.15) is 17.3 Å². The maximum Gasteiger partial charge on any atom is 0.311 e. The topological polar surface area (TPSA) is 94.4 Å². The number of anilines is 1. The predicted octanol–water partition coefficient (Wildman–Crippen LogP) is 3.29. The first-order chi connectivity index (χ1) is 10.5. The maximum atomic E-state index is 12.1. The molecule has 0 fully saturated rings. The molecular weight excluding hydrogens is 310 g/mol. The molecule has 1 aromatic carbocycles. The van der Waals surface area contributed by atoms with Gasteiger partial charge in [0.25, 0.3) is 5.91 Å². The Morgan fingerprint density at radius 3 is 2.59 bits per heavy atom. The molecule has 1 heterocycles. The summed E-state index contributed by atoms with van der Waals surface area (Å²) in [6.07, 6.45) is 0. The fourth-order valence-corrected chi connectivity index (χ4v) is 1.86. The molecule has 0 radical (unpaired) electrons. The van der Waals surface area contributed by atoms with E-state index in [-0.39, 0.29) is 16.7 Å². The van der Waals surface area contributed by atoms with E-state index in [1.54, 1.807) is 24.3 Å². The Morgan fingerprint density at radius 1 is 1.32 bits per heavy atom. The molecule has 8 heteroatoms. The van der Waals surface area contributed by atoms with E-state index in [1.807, 2.05) is 6.92 Å². The maximum absolute atomic E-state index is 12.1. The highest BCUT2D eigenvalue weighted by molar-refractivity contribution is 6.29. The molecular formula is C14H12ClN3O4. The lowest BCUT2D eigenvalue weighted by atomic mass is 10.2. The summed E-state index contributed by atoms with van der Waals surface area (Å²) in [5.41, 5.74) is -0.0109. The van der Waals surface area contributed by atoms with Gasteiger partial charge in [0.15, 0.2) is 0 Å². The minimum Gasteiger partial charge on any atom is -0.494 e. The first-order valence-electron chi connectivity index (χ1n) is 6.36. The molecule has 1 amide bonds. The number of nitrogens with one attached hydrogen (secondary N) is 1. The fourth-order valence-electron chi connectivity index (χ4n) is 1.72. The van der Waals surface area contributed by atoms with Gasteiger partial charge in [0.2, 0.25) is 5.82 Å². The molecule has 0 aliphatic heterocycles. The molecule has 114 valence electrons. The second-order valence-corrected chi connectivity index (χ2v) is 4.56. The fraction of sp³-hybridized carbons (Fsp3) is 0.143. The average Bonchev–Trinajstić information content (AvgIpc) is 2.48. The summed E-state index contributed by atoms with van der Waals surface area (Å²) < 4.78 is 5.27. The summed E-state index contributed by atoms with van der Waals surface area (Å²) in [5, 5.41) is 13.4. The predicted molar refractivity (Wildman–Crippen MR) is 81.5 cm³/mol. The Balaban J connectivity index is 2.21. The lowest BCUT2D eigenvalue weighted by Crippen LogP contribution is -2.14. The van der Waals surface area contributed by atoms with E-state index in [1.165, 1.54) is 12.1 Å². The van der Waals surface area contributed by atoms with Crippen LogP contribution < -0.4 is 10.1 Å². The third-order valence-electron chi connectivity index (χ3n) is 2.70. The number of carbonyl (C=O) groups is 1. The van der Waals surface area contributed by atoms with Crippen molar-refractivity contribution in [2.75, 3.05) is 11.9 Å². The Hall–Kier alpha value is -2.67. The van der Waals surface area contributed by atoms with Crippen LogP contribution in [-0.4, -0.2) is 22.4 Å². The largest absolute Gasteiger partial charge is 0.494 e. The summed E-state index contributed by atoms with van der Waals surface area (Å²) >= 11 is 5.70. The second kappa shape index (κ2) is 6.86. The van der Waals surface area contributed by atoms with Crippen molar-refractivity contribution in [1.29, 1.82) is 0 Å². The molecule has 2 aromatic rings. The molecule has 0 saturated carbocycles. The monoisotopic (exact) mass is 321 g/mol. The van der Waals surface area contributed by atoms with Gasteiger partial charge in [-0.1, -0.05) is 11.6 Å². The Kier molecular flexibility index (Phi) is 4.90. The van der Waals surface area contributed by atoms with E-state index in [0.717, 1.165) is 0 Å². The van der Waals surface area contributed by atoms with Crippen molar-refractivity contribution in [3.8, 4) is 5.75 Å². The zero-order valence-electron chi connectivity index (χ0n) is 11.6. The molecule has 1 aromatic heterocycles. The molecule has 22 heavy (non-hydrogen) atoms. The first kappa shape index (κ1) is 15.7. The summed E-state index contributed by atoms with van der Waals surface area (Å²) in [6, 6.07) is 8.85. The highest BCUT2D eigenvalue weighted by Gasteiger charge is 2.18. The van der Waals surface area contributed by atoms with Crippen LogP contribution in [0.15, 0.2) is 36.4 Å². The van der Waals surface area contributed by atoms with Gasteiger partial charge in [-0.2, -0.15) is 0 Å². The van der Waals surface area contributed by atoms with Crippen molar-refractivity contribution in [1.82, 2.24) is 4.98 Å². The average molecular weight is 322 g/mol. The van der Waals surface area contributed by atoms with Gasteiger partial charge in [0.1, 0.15) is 10.9 Å². The second-order valence-electron chi connectivity index (χ2n) is 4.17. The van der Waals surface area contributed by atoms with E-state index in [2.05, 4.69) is 10.3 Å². The third kappa shape index (κ3) is 3.70. The van der Waals surface area contributed by atoms with Crippen LogP contribution in [0, 0.1) is 10.1 Å². The molecule has 0 atom stereocenters. The van der Waals surface area contributed by atoms with Gasteiger partial charge >= 0.3 is 5.69 Å². The minimum atomic E-state index is -0.642. The summed E-state index contributed by atoms with van der Waals surface area (Å²) in [7, 11) is 0.